The molecule has 7 heteroatoms. The third-order valence-electron chi connectivity index (χ3n) is 4.07. The summed E-state index contributed by atoms with van der Waals surface area (Å²) in [7, 11) is 1.19. The van der Waals surface area contributed by atoms with Crippen molar-refractivity contribution in [3.8, 4) is 11.5 Å². The van der Waals surface area contributed by atoms with Crippen molar-refractivity contribution in [3.05, 3.63) is 42.5 Å². The molecule has 2 aromatic rings. The quantitative estimate of drug-likeness (QED) is 0.720. The van der Waals surface area contributed by atoms with Gasteiger partial charge in [0, 0.05) is 31.0 Å². The first kappa shape index (κ1) is 19.9. The molecule has 0 atom stereocenters. The van der Waals surface area contributed by atoms with Crippen LogP contribution in [0.3, 0.4) is 0 Å². The standard InChI is InChI=1S/C19H26N2O4S/c1-5-6-13-21(2)16-9-7-15(8-10-16)20-26(22,23)19-12-11-17(24-3)14-18(19)25-4/h7-12,14,20H,5-6,13H2,1-4H3. The average Bonchev–Trinajstić information content (AvgIpc) is 2.65. The Labute approximate surface area is 155 Å². The topological polar surface area (TPSA) is 67.9 Å². The fraction of sp³-hybridized carbons (Fsp3) is 0.368. The predicted octanol–water partition coefficient (Wildman–Crippen LogP) is 3.74. The molecular formula is C19H26N2O4S. The van der Waals surface area contributed by atoms with E-state index in [0.29, 0.717) is 11.4 Å². The Morgan fingerprint density at radius 3 is 2.31 bits per heavy atom. The zero-order valence-electron chi connectivity index (χ0n) is 15.7. The lowest BCUT2D eigenvalue weighted by atomic mass is 10.2. The monoisotopic (exact) mass is 378 g/mol. The molecule has 0 bridgehead atoms. The first-order valence-electron chi connectivity index (χ1n) is 8.47. The van der Waals surface area contributed by atoms with Crippen LogP contribution in [0.1, 0.15) is 19.8 Å². The second-order valence-electron chi connectivity index (χ2n) is 5.94. The van der Waals surface area contributed by atoms with E-state index in [1.807, 2.05) is 19.2 Å². The van der Waals surface area contributed by atoms with Crippen LogP contribution in [-0.2, 0) is 10.0 Å². The number of nitrogens with zero attached hydrogens (tertiary/aromatic N) is 1. The van der Waals surface area contributed by atoms with Gasteiger partial charge in [-0.1, -0.05) is 13.3 Å². The highest BCUT2D eigenvalue weighted by atomic mass is 32.2. The van der Waals surface area contributed by atoms with E-state index < -0.39 is 10.0 Å². The predicted molar refractivity (Wildman–Crippen MR) is 105 cm³/mol. The number of hydrogen-bond donors (Lipinski definition) is 1. The highest BCUT2D eigenvalue weighted by Crippen LogP contribution is 2.30. The van der Waals surface area contributed by atoms with Crippen molar-refractivity contribution < 1.29 is 17.9 Å². The maximum absolute atomic E-state index is 12.7. The molecule has 0 radical (unpaired) electrons. The molecule has 0 heterocycles. The van der Waals surface area contributed by atoms with Crippen LogP contribution in [0.15, 0.2) is 47.4 Å². The normalized spacial score (nSPS) is 11.1. The molecule has 142 valence electrons. The van der Waals surface area contributed by atoms with Crippen LogP contribution in [0.25, 0.3) is 0 Å². The first-order valence-corrected chi connectivity index (χ1v) is 9.95. The van der Waals surface area contributed by atoms with E-state index in [2.05, 4.69) is 16.5 Å². The molecule has 2 rings (SSSR count). The van der Waals surface area contributed by atoms with Crippen LogP contribution in [0.2, 0.25) is 0 Å². The lowest BCUT2D eigenvalue weighted by Crippen LogP contribution is -2.18. The van der Waals surface area contributed by atoms with Crippen LogP contribution >= 0.6 is 0 Å². The minimum atomic E-state index is -3.77. The number of unbranched alkanes of at least 4 members (excludes halogenated alkanes) is 1. The molecule has 0 saturated heterocycles. The fourth-order valence-corrected chi connectivity index (χ4v) is 3.73. The van der Waals surface area contributed by atoms with Gasteiger partial charge in [-0.05, 0) is 42.8 Å². The Hall–Kier alpha value is -2.41. The third kappa shape index (κ3) is 4.82. The average molecular weight is 378 g/mol. The van der Waals surface area contributed by atoms with Gasteiger partial charge in [-0.25, -0.2) is 8.42 Å². The molecule has 0 aliphatic rings. The summed E-state index contributed by atoms with van der Waals surface area (Å²) in [5.74, 6) is 0.757. The molecular weight excluding hydrogens is 352 g/mol. The molecule has 0 aliphatic heterocycles. The van der Waals surface area contributed by atoms with Crippen LogP contribution in [-0.4, -0.2) is 36.2 Å². The van der Waals surface area contributed by atoms with Gasteiger partial charge in [-0.2, -0.15) is 0 Å². The number of anilines is 2. The van der Waals surface area contributed by atoms with E-state index in [-0.39, 0.29) is 10.6 Å². The highest BCUT2D eigenvalue weighted by molar-refractivity contribution is 7.92. The minimum absolute atomic E-state index is 0.0601. The van der Waals surface area contributed by atoms with Gasteiger partial charge < -0.3 is 14.4 Å². The maximum Gasteiger partial charge on any atom is 0.265 e. The molecule has 0 aliphatic carbocycles. The van der Waals surface area contributed by atoms with E-state index in [4.69, 9.17) is 9.47 Å². The molecule has 0 amide bonds. The number of hydrogen-bond acceptors (Lipinski definition) is 5. The molecule has 0 fully saturated rings. The Morgan fingerprint density at radius 2 is 1.73 bits per heavy atom. The molecule has 2 aromatic carbocycles. The van der Waals surface area contributed by atoms with Gasteiger partial charge >= 0.3 is 0 Å². The summed E-state index contributed by atoms with van der Waals surface area (Å²) in [5.41, 5.74) is 1.54. The third-order valence-corrected chi connectivity index (χ3v) is 5.49. The van der Waals surface area contributed by atoms with Crippen molar-refractivity contribution in [2.45, 2.75) is 24.7 Å². The first-order chi connectivity index (χ1) is 12.4. The molecule has 0 unspecified atom stereocenters. The maximum atomic E-state index is 12.7. The summed E-state index contributed by atoms with van der Waals surface area (Å²) >= 11 is 0. The van der Waals surface area contributed by atoms with Crippen LogP contribution < -0.4 is 19.1 Å². The number of sulfonamides is 1. The van der Waals surface area contributed by atoms with Gasteiger partial charge in [0.1, 0.15) is 16.4 Å². The summed E-state index contributed by atoms with van der Waals surface area (Å²) in [6.45, 7) is 3.11. The van der Waals surface area contributed by atoms with Crippen molar-refractivity contribution in [1.29, 1.82) is 0 Å². The Balaban J connectivity index is 2.19. The lowest BCUT2D eigenvalue weighted by molar-refractivity contribution is 0.386. The zero-order chi connectivity index (χ0) is 19.2. The van der Waals surface area contributed by atoms with Crippen molar-refractivity contribution in [2.75, 3.05) is 37.4 Å². The Kier molecular flexibility index (Phi) is 6.74. The van der Waals surface area contributed by atoms with Crippen LogP contribution in [0.4, 0.5) is 11.4 Å². The van der Waals surface area contributed by atoms with Crippen LogP contribution in [0, 0.1) is 0 Å². The van der Waals surface area contributed by atoms with E-state index in [1.54, 1.807) is 24.3 Å². The van der Waals surface area contributed by atoms with Crippen molar-refractivity contribution >= 4 is 21.4 Å². The highest BCUT2D eigenvalue weighted by Gasteiger charge is 2.20. The number of rotatable bonds is 9. The number of methoxy groups -OCH3 is 2. The molecule has 26 heavy (non-hydrogen) atoms. The van der Waals surface area contributed by atoms with Crippen molar-refractivity contribution in [1.82, 2.24) is 0 Å². The largest absolute Gasteiger partial charge is 0.497 e. The van der Waals surface area contributed by atoms with E-state index in [9.17, 15) is 8.42 Å². The fourth-order valence-electron chi connectivity index (χ4n) is 2.52. The summed E-state index contributed by atoms with van der Waals surface area (Å²) in [6, 6.07) is 11.9. The van der Waals surface area contributed by atoms with E-state index >= 15 is 0 Å². The number of benzene rings is 2. The summed E-state index contributed by atoms with van der Waals surface area (Å²) in [4.78, 5) is 2.21. The van der Waals surface area contributed by atoms with E-state index in [1.165, 1.54) is 20.3 Å². The summed E-state index contributed by atoms with van der Waals surface area (Å²) in [5, 5.41) is 0. The molecule has 6 nitrogen and oxygen atoms in total. The number of nitrogens with one attached hydrogen (secondary N) is 1. The summed E-state index contributed by atoms with van der Waals surface area (Å²) in [6.07, 6.45) is 2.24. The van der Waals surface area contributed by atoms with Gasteiger partial charge in [0.05, 0.1) is 14.2 Å². The minimum Gasteiger partial charge on any atom is -0.497 e. The molecule has 1 N–H and O–H groups in total. The van der Waals surface area contributed by atoms with Gasteiger partial charge in [0.2, 0.25) is 0 Å². The molecule has 0 saturated carbocycles. The SMILES string of the molecule is CCCCN(C)c1ccc(NS(=O)(=O)c2ccc(OC)cc2OC)cc1. The van der Waals surface area contributed by atoms with Crippen LogP contribution in [0.5, 0.6) is 11.5 Å². The Morgan fingerprint density at radius 1 is 1.04 bits per heavy atom. The zero-order valence-corrected chi connectivity index (χ0v) is 16.5. The Bertz CT molecular complexity index is 820. The summed E-state index contributed by atoms with van der Waals surface area (Å²) < 4.78 is 38.3. The second-order valence-corrected chi connectivity index (χ2v) is 7.60. The molecule has 0 aromatic heterocycles. The van der Waals surface area contributed by atoms with Gasteiger partial charge in [0.25, 0.3) is 10.0 Å². The van der Waals surface area contributed by atoms with Gasteiger partial charge in [-0.15, -0.1) is 0 Å². The van der Waals surface area contributed by atoms with Crippen molar-refractivity contribution in [2.24, 2.45) is 0 Å². The van der Waals surface area contributed by atoms with E-state index in [0.717, 1.165) is 25.1 Å². The lowest BCUT2D eigenvalue weighted by Gasteiger charge is -2.19. The van der Waals surface area contributed by atoms with Crippen molar-refractivity contribution in [3.63, 3.8) is 0 Å². The van der Waals surface area contributed by atoms with Gasteiger partial charge in [-0.3, -0.25) is 4.72 Å². The van der Waals surface area contributed by atoms with Gasteiger partial charge in [0.15, 0.2) is 0 Å². The smallest absolute Gasteiger partial charge is 0.265 e. The number of ether oxygens (including phenoxy) is 2. The second kappa shape index (κ2) is 8.80. The molecule has 0 spiro atoms.